The van der Waals surface area contributed by atoms with Crippen molar-refractivity contribution < 1.29 is 18.4 Å². The quantitative estimate of drug-likeness (QED) is 0.250. The van der Waals surface area contributed by atoms with Crippen molar-refractivity contribution in [2.45, 2.75) is 126 Å². The smallest absolute Gasteiger partial charge is 0.338 e. The van der Waals surface area contributed by atoms with Crippen LogP contribution in [0.3, 0.4) is 0 Å². The Labute approximate surface area is 248 Å². The molecule has 0 spiro atoms. The molecule has 0 radical (unpaired) electrons. The van der Waals surface area contributed by atoms with Crippen molar-refractivity contribution in [2.24, 2.45) is 45.3 Å². The largest absolute Gasteiger partial charge is 0.458 e. The van der Waals surface area contributed by atoms with E-state index in [1.165, 1.54) is 12.0 Å². The van der Waals surface area contributed by atoms with Gasteiger partial charge in [-0.25, -0.2) is 4.79 Å². The van der Waals surface area contributed by atoms with Gasteiger partial charge in [0.1, 0.15) is 11.9 Å². The number of carbonyl (C=O) groups is 2. The van der Waals surface area contributed by atoms with Gasteiger partial charge in [0.05, 0.1) is 11.0 Å². The molecule has 4 aliphatic carbocycles. The van der Waals surface area contributed by atoms with E-state index < -0.39 is 17.7 Å². The highest BCUT2D eigenvalue weighted by Gasteiger charge is 2.66. The minimum Gasteiger partial charge on any atom is -0.458 e. The Morgan fingerprint density at radius 1 is 1.00 bits per heavy atom. The van der Waals surface area contributed by atoms with Gasteiger partial charge in [0.15, 0.2) is 0 Å². The SMILES string of the molecule is [3H]C([3H])([3H])[C@@]12C(=O)C[C@H]([C@H](C)CCCC(C)C)[C@@]1(C)CCC1=C2CC[C@H]2C(C)(C)[C@@H](OC(=O)c3ccccc3)CC[C@]12C. The van der Waals surface area contributed by atoms with Gasteiger partial charge in [0, 0.05) is 15.9 Å². The number of fused-ring (bicyclic) bond motifs is 4. The second-order valence-corrected chi connectivity index (χ2v) is 15.3. The average molecular weight is 553 g/mol. The lowest BCUT2D eigenvalue weighted by molar-refractivity contribution is -0.129. The van der Waals surface area contributed by atoms with Crippen LogP contribution in [0.5, 0.6) is 0 Å². The minimum atomic E-state index is -2.38. The first kappa shape index (κ1) is 25.8. The monoisotopic (exact) mass is 552 g/mol. The third-order valence-corrected chi connectivity index (χ3v) is 12.4. The maximum atomic E-state index is 14.4. The average Bonchev–Trinajstić information content (AvgIpc) is 3.18. The van der Waals surface area contributed by atoms with Crippen molar-refractivity contribution in [1.29, 1.82) is 0 Å². The van der Waals surface area contributed by atoms with Crippen LogP contribution in [0.2, 0.25) is 0 Å². The Morgan fingerprint density at radius 2 is 1.73 bits per heavy atom. The number of esters is 1. The van der Waals surface area contributed by atoms with Gasteiger partial charge in [-0.3, -0.25) is 4.79 Å². The summed E-state index contributed by atoms with van der Waals surface area (Å²) in [5.74, 6) is 0.985. The molecule has 2 saturated carbocycles. The molecule has 0 unspecified atom stereocenters. The predicted molar refractivity (Wildman–Crippen MR) is 163 cm³/mol. The number of Topliss-reactive ketones (excluding diaryl/α,β-unsaturated/α-hetero) is 1. The van der Waals surface area contributed by atoms with E-state index in [9.17, 15) is 9.59 Å². The maximum Gasteiger partial charge on any atom is 0.338 e. The molecule has 5 rings (SSSR count). The van der Waals surface area contributed by atoms with Crippen LogP contribution < -0.4 is 0 Å². The lowest BCUT2D eigenvalue weighted by Crippen LogP contribution is -2.56. The second-order valence-electron chi connectivity index (χ2n) is 15.3. The molecule has 0 saturated heterocycles. The van der Waals surface area contributed by atoms with Gasteiger partial charge in [-0.05, 0) is 92.0 Å². The molecule has 7 atom stereocenters. The number of ketones is 1. The van der Waals surface area contributed by atoms with Crippen molar-refractivity contribution in [2.75, 3.05) is 0 Å². The number of allylic oxidation sites excluding steroid dienone is 2. The molecule has 4 aliphatic rings. The third kappa shape index (κ3) is 4.44. The fourth-order valence-electron chi connectivity index (χ4n) is 10.0. The fourth-order valence-corrected chi connectivity index (χ4v) is 10.0. The van der Waals surface area contributed by atoms with Crippen LogP contribution in [0.1, 0.15) is 134 Å². The number of hydrogen-bond acceptors (Lipinski definition) is 3. The Bertz CT molecular complexity index is 1260. The van der Waals surface area contributed by atoms with Crippen molar-refractivity contribution >= 4 is 11.8 Å². The van der Waals surface area contributed by atoms with E-state index in [2.05, 4.69) is 48.5 Å². The number of ether oxygens (including phenoxy) is 1. The summed E-state index contributed by atoms with van der Waals surface area (Å²) >= 11 is 0. The zero-order valence-electron chi connectivity index (χ0n) is 29.1. The van der Waals surface area contributed by atoms with E-state index in [1.54, 1.807) is 12.1 Å². The molecular weight excluding hydrogens is 492 g/mol. The van der Waals surface area contributed by atoms with E-state index in [0.717, 1.165) is 50.5 Å². The summed E-state index contributed by atoms with van der Waals surface area (Å²) in [4.78, 5) is 27.5. The molecule has 220 valence electrons. The maximum absolute atomic E-state index is 14.4. The number of carbonyl (C=O) groups excluding carboxylic acids is 2. The number of hydrogen-bond donors (Lipinski definition) is 0. The summed E-state index contributed by atoms with van der Waals surface area (Å²) in [5.41, 5.74) is 0.340. The second kappa shape index (κ2) is 10.4. The van der Waals surface area contributed by atoms with Crippen LogP contribution in [0.15, 0.2) is 41.5 Å². The van der Waals surface area contributed by atoms with Gasteiger partial charge in [0.25, 0.3) is 0 Å². The van der Waals surface area contributed by atoms with Gasteiger partial charge in [-0.15, -0.1) is 0 Å². The Kier molecular flexibility index (Phi) is 6.72. The van der Waals surface area contributed by atoms with Crippen molar-refractivity contribution in [3.63, 3.8) is 0 Å². The van der Waals surface area contributed by atoms with Crippen molar-refractivity contribution in [3.8, 4) is 0 Å². The van der Waals surface area contributed by atoms with E-state index in [0.29, 0.717) is 30.2 Å². The first-order chi connectivity index (χ1) is 20.0. The summed E-state index contributed by atoms with van der Waals surface area (Å²) in [6.45, 7) is 13.3. The fraction of sp³-hybridized carbons (Fsp3) is 0.730. The van der Waals surface area contributed by atoms with Gasteiger partial charge < -0.3 is 4.74 Å². The zero-order valence-corrected chi connectivity index (χ0v) is 26.1. The van der Waals surface area contributed by atoms with Crippen LogP contribution in [0, 0.1) is 45.3 Å². The molecule has 3 nitrogen and oxygen atoms in total. The van der Waals surface area contributed by atoms with Crippen LogP contribution in [0.25, 0.3) is 0 Å². The summed E-state index contributed by atoms with van der Waals surface area (Å²) < 4.78 is 33.3. The van der Waals surface area contributed by atoms with E-state index >= 15 is 0 Å². The van der Waals surface area contributed by atoms with Crippen molar-refractivity contribution in [1.82, 2.24) is 0 Å². The molecule has 1 aromatic rings. The normalized spacial score (nSPS) is 39.0. The number of rotatable bonds is 7. The zero-order chi connectivity index (χ0) is 31.6. The van der Waals surface area contributed by atoms with Crippen molar-refractivity contribution in [3.05, 3.63) is 47.0 Å². The summed E-state index contributed by atoms with van der Waals surface area (Å²) in [7, 11) is 0. The van der Waals surface area contributed by atoms with E-state index in [4.69, 9.17) is 8.85 Å². The van der Waals surface area contributed by atoms with Gasteiger partial charge in [-0.1, -0.05) is 97.1 Å². The highest BCUT2D eigenvalue weighted by Crippen LogP contribution is 2.71. The molecule has 0 N–H and O–H groups in total. The number of benzene rings is 1. The lowest BCUT2D eigenvalue weighted by Gasteiger charge is -2.61. The van der Waals surface area contributed by atoms with E-state index in [1.807, 2.05) is 18.2 Å². The minimum absolute atomic E-state index is 0.0327. The van der Waals surface area contributed by atoms with Crippen LogP contribution in [-0.2, 0) is 9.53 Å². The first-order valence-corrected chi connectivity index (χ1v) is 16.0. The molecule has 40 heavy (non-hydrogen) atoms. The Hall–Kier alpha value is -1.90. The highest BCUT2D eigenvalue weighted by atomic mass is 16.5. The van der Waals surface area contributed by atoms with Crippen LogP contribution in [0.4, 0.5) is 0 Å². The van der Waals surface area contributed by atoms with Crippen LogP contribution in [-0.4, -0.2) is 17.9 Å². The summed E-state index contributed by atoms with van der Waals surface area (Å²) in [5, 5.41) is 0. The van der Waals surface area contributed by atoms with Gasteiger partial charge in [-0.2, -0.15) is 0 Å². The summed E-state index contributed by atoms with van der Waals surface area (Å²) in [6, 6.07) is 9.20. The van der Waals surface area contributed by atoms with E-state index in [-0.39, 0.29) is 40.5 Å². The predicted octanol–water partition coefficient (Wildman–Crippen LogP) is 9.60. The molecule has 1 aromatic carbocycles. The molecule has 0 heterocycles. The standard InChI is InChI=1S/C37H54O3/c1-24(2)13-12-14-25(3)29-23-31(38)37(8)28-17-18-30-34(4,5)32(40-33(39)26-15-10-9-11-16-26)20-21-35(30,6)27(28)19-22-36(29,37)7/h9-11,15-16,24-25,29-30,32H,12-14,17-23H2,1-8H3/t25-,29-,30+,32+,35-,36-,37-/m1/s1/i8T3. The Balaban J connectivity index is 1.50. The molecule has 0 bridgehead atoms. The van der Waals surface area contributed by atoms with Crippen LogP contribution >= 0.6 is 0 Å². The molecule has 2 fully saturated rings. The molecule has 0 aromatic heterocycles. The summed E-state index contributed by atoms with van der Waals surface area (Å²) in [6.07, 6.45) is 8.16. The molecule has 3 heteroatoms. The lowest BCUT2D eigenvalue weighted by atomic mass is 9.43. The first-order valence-electron chi connectivity index (χ1n) is 17.5. The topological polar surface area (TPSA) is 43.4 Å². The third-order valence-electron chi connectivity index (χ3n) is 12.4. The molecular formula is C37H54O3. The van der Waals surface area contributed by atoms with Gasteiger partial charge >= 0.3 is 5.97 Å². The highest BCUT2D eigenvalue weighted by molar-refractivity contribution is 5.92. The Morgan fingerprint density at radius 3 is 2.40 bits per heavy atom. The molecule has 0 aliphatic heterocycles. The molecule has 0 amide bonds. The van der Waals surface area contributed by atoms with Gasteiger partial charge in [0.2, 0.25) is 0 Å².